The summed E-state index contributed by atoms with van der Waals surface area (Å²) in [7, 11) is 1.22. The van der Waals surface area contributed by atoms with Crippen LogP contribution in [0.4, 0.5) is 0 Å². The Morgan fingerprint density at radius 1 is 1.57 bits per heavy atom. The molecule has 0 radical (unpaired) electrons. The van der Waals surface area contributed by atoms with Gasteiger partial charge < -0.3 is 14.9 Å². The van der Waals surface area contributed by atoms with Gasteiger partial charge in [-0.25, -0.2) is 4.79 Å². The van der Waals surface area contributed by atoms with Gasteiger partial charge in [0.25, 0.3) is 0 Å². The van der Waals surface area contributed by atoms with Crippen molar-refractivity contribution in [3.8, 4) is 0 Å². The van der Waals surface area contributed by atoms with E-state index in [4.69, 9.17) is 0 Å². The average molecular weight is 200 g/mol. The smallest absolute Gasteiger partial charge is 0.342 e. The molecule has 4 heteroatoms. The number of rotatable bonds is 1. The van der Waals surface area contributed by atoms with Gasteiger partial charge in [-0.15, -0.1) is 0 Å². The molecule has 2 N–H and O–H groups in total. The summed E-state index contributed by atoms with van der Waals surface area (Å²) < 4.78 is 4.52. The molecule has 1 rings (SSSR count). The van der Waals surface area contributed by atoms with Crippen LogP contribution in [0.5, 0.6) is 0 Å². The second kappa shape index (κ2) is 3.37. The van der Waals surface area contributed by atoms with Crippen LogP contribution in [-0.4, -0.2) is 34.5 Å². The third-order valence-corrected chi connectivity index (χ3v) is 2.66. The van der Waals surface area contributed by atoms with E-state index < -0.39 is 17.2 Å². The maximum absolute atomic E-state index is 11.4. The first-order valence-electron chi connectivity index (χ1n) is 4.52. The highest BCUT2D eigenvalue weighted by Crippen LogP contribution is 2.35. The zero-order chi connectivity index (χ0) is 11.0. The van der Waals surface area contributed by atoms with Crippen LogP contribution in [0, 0.1) is 0 Å². The van der Waals surface area contributed by atoms with Gasteiger partial charge in [-0.1, -0.05) is 6.08 Å². The lowest BCUT2D eigenvalue weighted by atomic mass is 9.76. The Balaban J connectivity index is 3.03. The number of aliphatic hydroxyl groups is 2. The second-order valence-electron chi connectivity index (χ2n) is 4.12. The topological polar surface area (TPSA) is 66.8 Å². The van der Waals surface area contributed by atoms with E-state index in [9.17, 15) is 15.0 Å². The van der Waals surface area contributed by atoms with E-state index in [0.717, 1.165) is 0 Å². The third-order valence-electron chi connectivity index (χ3n) is 2.66. The average Bonchev–Trinajstić information content (AvgIpc) is 2.10. The van der Waals surface area contributed by atoms with Gasteiger partial charge in [-0.05, 0) is 25.8 Å². The van der Waals surface area contributed by atoms with Crippen molar-refractivity contribution in [2.45, 2.75) is 37.9 Å². The maximum Gasteiger partial charge on any atom is 0.342 e. The molecule has 1 aliphatic rings. The summed E-state index contributed by atoms with van der Waals surface area (Å²) in [5, 5.41) is 19.8. The molecule has 0 heterocycles. The number of hydrogen-bond donors (Lipinski definition) is 2. The molecule has 0 aromatic rings. The largest absolute Gasteiger partial charge is 0.467 e. The number of methoxy groups -OCH3 is 1. The molecule has 80 valence electrons. The van der Waals surface area contributed by atoms with E-state index in [0.29, 0.717) is 12.0 Å². The quantitative estimate of drug-likeness (QED) is 0.474. The lowest BCUT2D eigenvalue weighted by molar-refractivity contribution is -0.165. The standard InChI is InChI=1S/C10H16O4/c1-7-4-5-9(2,12)6-10(7,13)8(11)14-3/h4,12-13H,5-6H2,1-3H3. The first kappa shape index (κ1) is 11.2. The van der Waals surface area contributed by atoms with Crippen molar-refractivity contribution in [3.63, 3.8) is 0 Å². The van der Waals surface area contributed by atoms with Crippen LogP contribution in [0.1, 0.15) is 26.7 Å². The molecule has 14 heavy (non-hydrogen) atoms. The molecule has 0 fully saturated rings. The summed E-state index contributed by atoms with van der Waals surface area (Å²) in [6.07, 6.45) is 2.09. The van der Waals surface area contributed by atoms with Gasteiger partial charge in [0.15, 0.2) is 5.60 Å². The van der Waals surface area contributed by atoms with Crippen molar-refractivity contribution in [1.29, 1.82) is 0 Å². The van der Waals surface area contributed by atoms with Crippen LogP contribution in [0.25, 0.3) is 0 Å². The van der Waals surface area contributed by atoms with Gasteiger partial charge in [0.1, 0.15) is 0 Å². The molecule has 0 aromatic heterocycles. The van der Waals surface area contributed by atoms with Crippen molar-refractivity contribution >= 4 is 5.97 Å². The minimum absolute atomic E-state index is 0.0188. The molecule has 0 amide bonds. The molecule has 0 saturated heterocycles. The highest BCUT2D eigenvalue weighted by molar-refractivity contribution is 5.83. The number of carbonyl (C=O) groups is 1. The van der Waals surface area contributed by atoms with Crippen molar-refractivity contribution < 1.29 is 19.7 Å². The predicted octanol–water partition coefficient (Wildman–Crippen LogP) is 0.382. The monoisotopic (exact) mass is 200 g/mol. The van der Waals surface area contributed by atoms with Crippen molar-refractivity contribution in [3.05, 3.63) is 11.6 Å². The van der Waals surface area contributed by atoms with Crippen LogP contribution in [-0.2, 0) is 9.53 Å². The zero-order valence-electron chi connectivity index (χ0n) is 8.70. The van der Waals surface area contributed by atoms with E-state index in [2.05, 4.69) is 4.74 Å². The van der Waals surface area contributed by atoms with Crippen LogP contribution in [0.2, 0.25) is 0 Å². The van der Waals surface area contributed by atoms with E-state index in [1.807, 2.05) is 0 Å². The fraction of sp³-hybridized carbons (Fsp3) is 0.700. The summed E-state index contributed by atoms with van der Waals surface area (Å²) in [6.45, 7) is 3.25. The first-order valence-corrected chi connectivity index (χ1v) is 4.52. The van der Waals surface area contributed by atoms with Crippen LogP contribution >= 0.6 is 0 Å². The zero-order valence-corrected chi connectivity index (χ0v) is 8.70. The van der Waals surface area contributed by atoms with Crippen molar-refractivity contribution in [1.82, 2.24) is 0 Å². The van der Waals surface area contributed by atoms with Gasteiger partial charge >= 0.3 is 5.97 Å². The minimum atomic E-state index is -1.67. The number of hydrogen-bond acceptors (Lipinski definition) is 4. The second-order valence-corrected chi connectivity index (χ2v) is 4.12. The summed E-state index contributed by atoms with van der Waals surface area (Å²) >= 11 is 0. The summed E-state index contributed by atoms with van der Waals surface area (Å²) in [4.78, 5) is 11.4. The summed E-state index contributed by atoms with van der Waals surface area (Å²) in [5.41, 5.74) is -2.19. The SMILES string of the molecule is COC(=O)C1(O)CC(C)(O)CC=C1C. The molecule has 1 aliphatic carbocycles. The Morgan fingerprint density at radius 2 is 2.14 bits per heavy atom. The number of ether oxygens (including phenoxy) is 1. The lowest BCUT2D eigenvalue weighted by Gasteiger charge is -2.37. The van der Waals surface area contributed by atoms with Crippen molar-refractivity contribution in [2.75, 3.05) is 7.11 Å². The fourth-order valence-electron chi connectivity index (χ4n) is 1.71. The highest BCUT2D eigenvalue weighted by atomic mass is 16.5. The van der Waals surface area contributed by atoms with E-state index in [1.54, 1.807) is 19.9 Å². The molecule has 0 spiro atoms. The molecular formula is C10H16O4. The lowest BCUT2D eigenvalue weighted by Crippen LogP contribution is -2.49. The van der Waals surface area contributed by atoms with Gasteiger partial charge in [0.05, 0.1) is 12.7 Å². The highest BCUT2D eigenvalue weighted by Gasteiger charge is 2.46. The van der Waals surface area contributed by atoms with Crippen LogP contribution in [0.15, 0.2) is 11.6 Å². The predicted molar refractivity (Wildman–Crippen MR) is 50.6 cm³/mol. The Hall–Kier alpha value is -0.870. The normalized spacial score (nSPS) is 37.6. The number of esters is 1. The molecule has 0 saturated carbocycles. The fourth-order valence-corrected chi connectivity index (χ4v) is 1.71. The first-order chi connectivity index (χ1) is 6.32. The Kier molecular flexibility index (Phi) is 2.69. The molecule has 0 bridgehead atoms. The Morgan fingerprint density at radius 3 is 2.64 bits per heavy atom. The molecular weight excluding hydrogens is 184 g/mol. The summed E-state index contributed by atoms with van der Waals surface area (Å²) in [6, 6.07) is 0. The molecule has 0 aromatic carbocycles. The maximum atomic E-state index is 11.4. The van der Waals surface area contributed by atoms with E-state index in [-0.39, 0.29) is 6.42 Å². The Bertz CT molecular complexity index is 280. The summed E-state index contributed by atoms with van der Waals surface area (Å²) in [5.74, 6) is -0.716. The van der Waals surface area contributed by atoms with Gasteiger partial charge in [0, 0.05) is 6.42 Å². The minimum Gasteiger partial charge on any atom is -0.467 e. The molecule has 4 nitrogen and oxygen atoms in total. The third kappa shape index (κ3) is 1.81. The van der Waals surface area contributed by atoms with Gasteiger partial charge in [-0.3, -0.25) is 0 Å². The van der Waals surface area contributed by atoms with Gasteiger partial charge in [0.2, 0.25) is 0 Å². The number of carbonyl (C=O) groups excluding carboxylic acids is 1. The molecule has 0 aliphatic heterocycles. The van der Waals surface area contributed by atoms with Crippen LogP contribution in [0.3, 0.4) is 0 Å². The van der Waals surface area contributed by atoms with Gasteiger partial charge in [-0.2, -0.15) is 0 Å². The molecule has 2 unspecified atom stereocenters. The van der Waals surface area contributed by atoms with E-state index >= 15 is 0 Å². The Labute approximate surface area is 83.2 Å². The van der Waals surface area contributed by atoms with Crippen molar-refractivity contribution in [2.24, 2.45) is 0 Å². The molecule has 2 atom stereocenters. The van der Waals surface area contributed by atoms with E-state index in [1.165, 1.54) is 7.11 Å². The van der Waals surface area contributed by atoms with Crippen LogP contribution < -0.4 is 0 Å².